The van der Waals surface area contributed by atoms with Crippen molar-refractivity contribution in [1.82, 2.24) is 11.0 Å². The van der Waals surface area contributed by atoms with E-state index in [4.69, 9.17) is 20.8 Å². The minimum atomic E-state index is -3.31. The van der Waals surface area contributed by atoms with E-state index in [2.05, 4.69) is 11.0 Å². The summed E-state index contributed by atoms with van der Waals surface area (Å²) in [6.07, 6.45) is 0.104. The van der Waals surface area contributed by atoms with Gasteiger partial charge in [0.15, 0.2) is 0 Å². The van der Waals surface area contributed by atoms with E-state index in [1.807, 2.05) is 26.0 Å². The van der Waals surface area contributed by atoms with Crippen LogP contribution in [0.25, 0.3) is 0 Å². The monoisotopic (exact) mass is 292 g/mol. The standard InChI is InChI=1S/C11H18ClN2O3P/c1-3-13-16-18(15,17-14-4-2)9-10-7-5-6-8-11(10)12/h5-8,13-14H,3-4,9H2,1-2H3. The maximum Gasteiger partial charge on any atom is 0.367 e. The minimum Gasteiger partial charge on any atom is -0.257 e. The number of hydroxylamine groups is 2. The summed E-state index contributed by atoms with van der Waals surface area (Å²) in [6, 6.07) is 7.17. The van der Waals surface area contributed by atoms with Crippen LogP contribution < -0.4 is 11.0 Å². The Kier molecular flexibility index (Phi) is 6.86. The van der Waals surface area contributed by atoms with Gasteiger partial charge in [-0.25, -0.2) is 9.25 Å². The van der Waals surface area contributed by atoms with Crippen molar-refractivity contribution >= 4 is 19.2 Å². The third-order valence-electron chi connectivity index (χ3n) is 2.02. The van der Waals surface area contributed by atoms with Gasteiger partial charge in [0, 0.05) is 18.1 Å². The molecule has 0 unspecified atom stereocenters. The number of rotatable bonds is 8. The second kappa shape index (κ2) is 7.89. The van der Waals surface area contributed by atoms with Gasteiger partial charge >= 0.3 is 7.60 Å². The predicted molar refractivity (Wildman–Crippen MR) is 72.3 cm³/mol. The highest BCUT2D eigenvalue weighted by molar-refractivity contribution is 7.52. The van der Waals surface area contributed by atoms with Crippen molar-refractivity contribution in [3.8, 4) is 0 Å². The summed E-state index contributed by atoms with van der Waals surface area (Å²) in [6.45, 7) is 4.74. The molecule has 18 heavy (non-hydrogen) atoms. The van der Waals surface area contributed by atoms with Crippen LogP contribution in [0.3, 0.4) is 0 Å². The van der Waals surface area contributed by atoms with E-state index in [-0.39, 0.29) is 6.16 Å². The third kappa shape index (κ3) is 5.06. The second-order valence-corrected chi connectivity index (χ2v) is 5.85. The molecule has 7 heteroatoms. The van der Waals surface area contributed by atoms with Crippen LogP contribution in [-0.4, -0.2) is 13.1 Å². The van der Waals surface area contributed by atoms with E-state index in [0.29, 0.717) is 18.1 Å². The van der Waals surface area contributed by atoms with Gasteiger partial charge in [-0.05, 0) is 11.6 Å². The van der Waals surface area contributed by atoms with E-state index >= 15 is 0 Å². The molecule has 102 valence electrons. The molecule has 1 aromatic rings. The van der Waals surface area contributed by atoms with Crippen LogP contribution >= 0.6 is 19.2 Å². The summed E-state index contributed by atoms with van der Waals surface area (Å²) in [5.41, 5.74) is 5.85. The lowest BCUT2D eigenvalue weighted by Crippen LogP contribution is -2.19. The second-order valence-electron chi connectivity index (χ2n) is 3.54. The first-order chi connectivity index (χ1) is 8.61. The topological polar surface area (TPSA) is 59.6 Å². The van der Waals surface area contributed by atoms with Crippen molar-refractivity contribution < 1.29 is 13.8 Å². The summed E-state index contributed by atoms with van der Waals surface area (Å²) >= 11 is 6.03. The summed E-state index contributed by atoms with van der Waals surface area (Å²) in [4.78, 5) is 0. The van der Waals surface area contributed by atoms with Crippen LogP contribution in [0.1, 0.15) is 19.4 Å². The third-order valence-corrected chi connectivity index (χ3v) is 3.93. The molecule has 0 saturated carbocycles. The van der Waals surface area contributed by atoms with E-state index in [1.54, 1.807) is 12.1 Å². The Morgan fingerprint density at radius 1 is 1.17 bits per heavy atom. The Morgan fingerprint density at radius 2 is 1.72 bits per heavy atom. The lowest BCUT2D eigenvalue weighted by molar-refractivity contribution is 0.104. The van der Waals surface area contributed by atoms with Crippen LogP contribution in [0.2, 0.25) is 5.02 Å². The van der Waals surface area contributed by atoms with Gasteiger partial charge in [0.2, 0.25) is 0 Å². The van der Waals surface area contributed by atoms with Gasteiger partial charge in [0.1, 0.15) is 0 Å². The molecule has 0 atom stereocenters. The maximum atomic E-state index is 12.4. The van der Waals surface area contributed by atoms with Gasteiger partial charge in [0.05, 0.1) is 6.16 Å². The highest BCUT2D eigenvalue weighted by Gasteiger charge is 2.27. The Balaban J connectivity index is 2.77. The zero-order chi connectivity index (χ0) is 13.4. The molecule has 0 aliphatic rings. The highest BCUT2D eigenvalue weighted by atomic mass is 35.5. The van der Waals surface area contributed by atoms with Crippen LogP contribution in [0.5, 0.6) is 0 Å². The zero-order valence-electron chi connectivity index (χ0n) is 10.5. The summed E-state index contributed by atoms with van der Waals surface area (Å²) in [5.74, 6) is 0. The van der Waals surface area contributed by atoms with E-state index in [0.717, 1.165) is 5.56 Å². The molecule has 0 heterocycles. The van der Waals surface area contributed by atoms with Gasteiger partial charge in [-0.3, -0.25) is 4.57 Å². The zero-order valence-corrected chi connectivity index (χ0v) is 12.1. The molecule has 0 spiro atoms. The number of hydrogen-bond donors (Lipinski definition) is 2. The predicted octanol–water partition coefficient (Wildman–Crippen LogP) is 3.12. The van der Waals surface area contributed by atoms with Crippen LogP contribution in [0.15, 0.2) is 24.3 Å². The van der Waals surface area contributed by atoms with Crippen molar-refractivity contribution in [3.05, 3.63) is 34.9 Å². The van der Waals surface area contributed by atoms with Gasteiger partial charge in [0.25, 0.3) is 0 Å². The molecule has 5 nitrogen and oxygen atoms in total. The van der Waals surface area contributed by atoms with Crippen LogP contribution in [0.4, 0.5) is 0 Å². The molecule has 0 aliphatic heterocycles. The molecule has 2 N–H and O–H groups in total. The molecule has 0 bridgehead atoms. The molecule has 1 aromatic carbocycles. The van der Waals surface area contributed by atoms with Crippen molar-refractivity contribution in [2.24, 2.45) is 0 Å². The quantitative estimate of drug-likeness (QED) is 0.569. The molecule has 0 saturated heterocycles. The summed E-state index contributed by atoms with van der Waals surface area (Å²) < 4.78 is 22.6. The molecule has 0 aromatic heterocycles. The SMILES string of the molecule is CCNOP(=O)(Cc1ccccc1Cl)ONCC. The highest BCUT2D eigenvalue weighted by Crippen LogP contribution is 2.50. The first-order valence-corrected chi connectivity index (χ1v) is 7.87. The Labute approximate surface area is 112 Å². The van der Waals surface area contributed by atoms with Crippen LogP contribution in [-0.2, 0) is 20.0 Å². The Morgan fingerprint density at radius 3 is 2.22 bits per heavy atom. The molecular formula is C11H18ClN2O3P. The normalized spacial score (nSPS) is 11.7. The lowest BCUT2D eigenvalue weighted by atomic mass is 10.2. The smallest absolute Gasteiger partial charge is 0.257 e. The van der Waals surface area contributed by atoms with E-state index in [9.17, 15) is 4.57 Å². The molecule has 0 aliphatic carbocycles. The van der Waals surface area contributed by atoms with Crippen molar-refractivity contribution in [2.45, 2.75) is 20.0 Å². The maximum absolute atomic E-state index is 12.4. The van der Waals surface area contributed by atoms with Gasteiger partial charge in [-0.15, -0.1) is 0 Å². The number of hydrogen-bond acceptors (Lipinski definition) is 5. The van der Waals surface area contributed by atoms with E-state index in [1.165, 1.54) is 0 Å². The Bertz CT molecular complexity index is 405. The average Bonchev–Trinajstić information content (AvgIpc) is 2.37. The van der Waals surface area contributed by atoms with Gasteiger partial charge < -0.3 is 0 Å². The van der Waals surface area contributed by atoms with Crippen molar-refractivity contribution in [1.29, 1.82) is 0 Å². The molecule has 0 radical (unpaired) electrons. The fourth-order valence-electron chi connectivity index (χ4n) is 1.24. The number of halogens is 1. The fourth-order valence-corrected chi connectivity index (χ4v) is 3.05. The largest absolute Gasteiger partial charge is 0.367 e. The van der Waals surface area contributed by atoms with Gasteiger partial charge in [-0.1, -0.05) is 43.6 Å². The molecular weight excluding hydrogens is 275 g/mol. The molecule has 1 rings (SSSR count). The molecule has 0 fully saturated rings. The average molecular weight is 293 g/mol. The first-order valence-electron chi connectivity index (χ1n) is 5.76. The minimum absolute atomic E-state index is 0.104. The lowest BCUT2D eigenvalue weighted by Gasteiger charge is -2.18. The van der Waals surface area contributed by atoms with E-state index < -0.39 is 7.60 Å². The Hall–Kier alpha value is -0.420. The summed E-state index contributed by atoms with van der Waals surface area (Å²) in [5, 5.41) is 0.540. The van der Waals surface area contributed by atoms with Gasteiger partial charge in [-0.2, -0.15) is 11.0 Å². The number of benzene rings is 1. The molecule has 0 amide bonds. The summed E-state index contributed by atoms with van der Waals surface area (Å²) in [7, 11) is -3.31. The van der Waals surface area contributed by atoms with Crippen molar-refractivity contribution in [3.63, 3.8) is 0 Å². The number of nitrogens with one attached hydrogen (secondary N) is 2. The fraction of sp³-hybridized carbons (Fsp3) is 0.455. The van der Waals surface area contributed by atoms with Crippen molar-refractivity contribution in [2.75, 3.05) is 13.1 Å². The first kappa shape index (κ1) is 15.6. The van der Waals surface area contributed by atoms with Crippen LogP contribution in [0, 0.1) is 0 Å².